The summed E-state index contributed by atoms with van der Waals surface area (Å²) in [6.45, 7) is 0.376. The summed E-state index contributed by atoms with van der Waals surface area (Å²) in [5.41, 5.74) is 0.499. The lowest BCUT2D eigenvalue weighted by Gasteiger charge is -2.03. The van der Waals surface area contributed by atoms with E-state index in [1.54, 1.807) is 6.07 Å². The van der Waals surface area contributed by atoms with E-state index < -0.39 is 0 Å². The monoisotopic (exact) mass is 279 g/mol. The smallest absolute Gasteiger partial charge is 0.287 e. The molecule has 0 fully saturated rings. The first-order valence-corrected chi connectivity index (χ1v) is 5.14. The van der Waals surface area contributed by atoms with Crippen molar-refractivity contribution in [3.05, 3.63) is 34.6 Å². The average Bonchev–Trinajstić information content (AvgIpc) is 2.10. The molecule has 2 nitrogen and oxygen atoms in total. The predicted molar refractivity (Wildman–Crippen MR) is 57.4 cm³/mol. The number of benzene rings is 1. The zero-order chi connectivity index (χ0) is 10.6. The molecule has 5 heteroatoms. The Morgan fingerprint density at radius 3 is 2.93 bits per heavy atom. The number of carbonyl (C=O) groups excluding carboxylic acids is 1. The van der Waals surface area contributed by atoms with E-state index in [0.29, 0.717) is 23.6 Å². The van der Waals surface area contributed by atoms with Gasteiger partial charge >= 0.3 is 0 Å². The minimum absolute atomic E-state index is 0.306. The van der Waals surface area contributed by atoms with Gasteiger partial charge in [-0.15, -0.1) is 0 Å². The van der Waals surface area contributed by atoms with Gasteiger partial charge in [-0.2, -0.15) is 0 Å². The second-order valence-corrected chi connectivity index (χ2v) is 3.84. The molecular formula is C9H8BrClFNO. The third kappa shape index (κ3) is 3.64. The normalized spacial score (nSPS) is 9.93. The number of halogens is 3. The number of hydrogen-bond acceptors (Lipinski definition) is 1. The van der Waals surface area contributed by atoms with Gasteiger partial charge in [0, 0.05) is 27.5 Å². The summed E-state index contributed by atoms with van der Waals surface area (Å²) >= 11 is 8.41. The number of hydrogen-bond donors (Lipinski definition) is 1. The molecule has 0 atom stereocenters. The third-order valence-corrected chi connectivity index (χ3v) is 2.18. The number of rotatable bonds is 3. The topological polar surface area (TPSA) is 29.1 Å². The summed E-state index contributed by atoms with van der Waals surface area (Å²) in [6, 6.07) is 4.36. The van der Waals surface area contributed by atoms with Crippen molar-refractivity contribution in [2.24, 2.45) is 0 Å². The van der Waals surface area contributed by atoms with E-state index in [9.17, 15) is 9.18 Å². The number of amides is 1. The van der Waals surface area contributed by atoms with Crippen LogP contribution in [-0.2, 0) is 6.42 Å². The summed E-state index contributed by atoms with van der Waals surface area (Å²) < 4.78 is 13.1. The summed E-state index contributed by atoms with van der Waals surface area (Å²) in [6.07, 6.45) is 0.420. The maximum atomic E-state index is 13.1. The van der Waals surface area contributed by atoms with Gasteiger partial charge in [-0.3, -0.25) is 4.79 Å². The van der Waals surface area contributed by atoms with Crippen LogP contribution in [0.25, 0.3) is 0 Å². The first kappa shape index (κ1) is 11.5. The molecule has 0 radical (unpaired) electrons. The maximum absolute atomic E-state index is 13.1. The minimum Gasteiger partial charge on any atom is -0.346 e. The van der Waals surface area contributed by atoms with Crippen LogP contribution in [-0.4, -0.2) is 11.4 Å². The molecule has 1 aromatic rings. The number of carbonyl (C=O) groups is 1. The molecule has 0 heterocycles. The Bertz CT molecular complexity index is 346. The van der Waals surface area contributed by atoms with Crippen LogP contribution in [0.5, 0.6) is 0 Å². The van der Waals surface area contributed by atoms with Gasteiger partial charge in [0.2, 0.25) is 0 Å². The molecule has 0 spiro atoms. The summed E-state index contributed by atoms with van der Waals surface area (Å²) in [5, 5.41) is 3.00. The van der Waals surface area contributed by atoms with Crippen LogP contribution in [0, 0.1) is 5.82 Å². The third-order valence-electron chi connectivity index (χ3n) is 1.67. The van der Waals surface area contributed by atoms with Gasteiger partial charge in [-0.25, -0.2) is 4.39 Å². The summed E-state index contributed by atoms with van der Waals surface area (Å²) in [5.74, 6) is -0.307. The van der Waals surface area contributed by atoms with Gasteiger partial charge in [-0.05, 0) is 30.2 Å². The SMILES string of the molecule is O=C(Br)NCCc1cc(Cl)ccc1F. The molecule has 0 saturated carbocycles. The first-order valence-electron chi connectivity index (χ1n) is 3.97. The van der Waals surface area contributed by atoms with Crippen molar-refractivity contribution in [3.8, 4) is 0 Å². The maximum Gasteiger partial charge on any atom is 0.287 e. The van der Waals surface area contributed by atoms with E-state index in [0.717, 1.165) is 0 Å². The second kappa shape index (κ2) is 5.32. The van der Waals surface area contributed by atoms with Crippen molar-refractivity contribution in [2.45, 2.75) is 6.42 Å². The highest BCUT2D eigenvalue weighted by molar-refractivity contribution is 9.18. The molecule has 1 rings (SSSR count). The number of nitrogens with one attached hydrogen (secondary N) is 1. The van der Waals surface area contributed by atoms with E-state index in [4.69, 9.17) is 11.6 Å². The van der Waals surface area contributed by atoms with E-state index in [1.807, 2.05) is 0 Å². The van der Waals surface area contributed by atoms with Crippen LogP contribution >= 0.6 is 27.5 Å². The second-order valence-electron chi connectivity index (χ2n) is 2.69. The zero-order valence-corrected chi connectivity index (χ0v) is 9.53. The lowest BCUT2D eigenvalue weighted by molar-refractivity contribution is 0.262. The highest BCUT2D eigenvalue weighted by atomic mass is 79.9. The molecule has 0 aliphatic rings. The lowest BCUT2D eigenvalue weighted by Crippen LogP contribution is -2.19. The van der Waals surface area contributed by atoms with Crippen molar-refractivity contribution in [1.82, 2.24) is 5.32 Å². The van der Waals surface area contributed by atoms with Gasteiger partial charge < -0.3 is 5.32 Å². The Balaban J connectivity index is 2.57. The Labute approximate surface area is 94.6 Å². The van der Waals surface area contributed by atoms with Gasteiger partial charge in [0.05, 0.1) is 0 Å². The van der Waals surface area contributed by atoms with Crippen LogP contribution in [0.3, 0.4) is 0 Å². The molecule has 0 unspecified atom stereocenters. The van der Waals surface area contributed by atoms with Crippen LogP contribution < -0.4 is 5.32 Å². The summed E-state index contributed by atoms with van der Waals surface area (Å²) in [7, 11) is 0. The standard InChI is InChI=1S/C9H8BrClFNO/c10-9(14)13-4-3-6-5-7(11)1-2-8(6)12/h1-2,5H,3-4H2,(H,13,14). The van der Waals surface area contributed by atoms with E-state index in [2.05, 4.69) is 21.2 Å². The van der Waals surface area contributed by atoms with Crippen molar-refractivity contribution >= 4 is 32.3 Å². The predicted octanol–water partition coefficient (Wildman–Crippen LogP) is 3.13. The summed E-state index contributed by atoms with van der Waals surface area (Å²) in [4.78, 5) is 10.2. The molecular weight excluding hydrogens is 272 g/mol. The van der Waals surface area contributed by atoms with E-state index in [1.165, 1.54) is 12.1 Å². The van der Waals surface area contributed by atoms with E-state index in [-0.39, 0.29) is 10.6 Å². The fourth-order valence-corrected chi connectivity index (χ4v) is 1.42. The van der Waals surface area contributed by atoms with Crippen molar-refractivity contribution < 1.29 is 9.18 Å². The Hall–Kier alpha value is -0.610. The van der Waals surface area contributed by atoms with Crippen molar-refractivity contribution in [1.29, 1.82) is 0 Å². The first-order chi connectivity index (χ1) is 6.59. The van der Waals surface area contributed by atoms with Gasteiger partial charge in [0.25, 0.3) is 4.82 Å². The molecule has 1 N–H and O–H groups in total. The van der Waals surface area contributed by atoms with Gasteiger partial charge in [0.15, 0.2) is 0 Å². The van der Waals surface area contributed by atoms with E-state index >= 15 is 0 Å². The highest BCUT2D eigenvalue weighted by Gasteiger charge is 2.03. The fraction of sp³-hybridized carbons (Fsp3) is 0.222. The Morgan fingerprint density at radius 2 is 2.29 bits per heavy atom. The molecule has 0 aliphatic carbocycles. The van der Waals surface area contributed by atoms with Crippen molar-refractivity contribution in [2.75, 3.05) is 6.54 Å². The van der Waals surface area contributed by atoms with Gasteiger partial charge in [0.1, 0.15) is 5.82 Å². The zero-order valence-electron chi connectivity index (χ0n) is 7.19. The fourth-order valence-electron chi connectivity index (χ4n) is 1.03. The van der Waals surface area contributed by atoms with Crippen LogP contribution in [0.15, 0.2) is 18.2 Å². The molecule has 1 amide bonds. The molecule has 14 heavy (non-hydrogen) atoms. The molecule has 0 aromatic heterocycles. The Morgan fingerprint density at radius 1 is 1.57 bits per heavy atom. The molecule has 1 aromatic carbocycles. The largest absolute Gasteiger partial charge is 0.346 e. The van der Waals surface area contributed by atoms with Crippen LogP contribution in [0.2, 0.25) is 5.02 Å². The molecule has 76 valence electrons. The quantitative estimate of drug-likeness (QED) is 0.669. The van der Waals surface area contributed by atoms with Crippen LogP contribution in [0.4, 0.5) is 9.18 Å². The minimum atomic E-state index is -0.307. The van der Waals surface area contributed by atoms with Crippen molar-refractivity contribution in [3.63, 3.8) is 0 Å². The van der Waals surface area contributed by atoms with Gasteiger partial charge in [-0.1, -0.05) is 11.6 Å². The Kier molecular flexibility index (Phi) is 4.35. The van der Waals surface area contributed by atoms with Crippen LogP contribution in [0.1, 0.15) is 5.56 Å². The molecule has 0 saturated heterocycles. The molecule has 0 bridgehead atoms. The lowest BCUT2D eigenvalue weighted by atomic mass is 10.1. The molecule has 0 aliphatic heterocycles. The highest BCUT2D eigenvalue weighted by Crippen LogP contribution is 2.14. The average molecular weight is 281 g/mol.